The molecule has 6 nitrogen and oxygen atoms in total. The summed E-state index contributed by atoms with van der Waals surface area (Å²) < 4.78 is 1.00. The van der Waals surface area contributed by atoms with Crippen molar-refractivity contribution in [3.05, 3.63) is 5.21 Å². The minimum atomic E-state index is -1.35. The Bertz CT molecular complexity index is 470. The minimum absolute atomic E-state index is 0.304. The number of oxime groups is 1. The number of aliphatic hydroxyl groups is 1. The maximum Gasteiger partial charge on any atom is 0.230 e. The van der Waals surface area contributed by atoms with E-state index in [4.69, 9.17) is 5.21 Å². The molecule has 2 aliphatic heterocycles. The van der Waals surface area contributed by atoms with Crippen LogP contribution >= 0.6 is 0 Å². The largest absolute Gasteiger partial charge is 0.622 e. The number of hydrogen-bond donors (Lipinski definition) is 2. The van der Waals surface area contributed by atoms with Gasteiger partial charge in [0.15, 0.2) is 5.60 Å². The summed E-state index contributed by atoms with van der Waals surface area (Å²) in [5, 5.41) is 36.1. The SMILES string of the molecule is C[C@@]1(N2CCCCC2)C[C@@]2(O)C(=[N+]1[O-])CCC/C2=N/O. The zero-order chi connectivity index (χ0) is 14.4. The van der Waals surface area contributed by atoms with E-state index in [0.717, 1.165) is 37.1 Å². The molecule has 1 saturated carbocycles. The standard InChI is InChI=1S/C14H23N3O3/c1-13(16-8-3-2-4-9-16)10-14(18)11(15-19)6-5-7-12(14)17(13)20/h18-19H,2-10H2,1H3/b15-11-/t13-,14-/m0/s1. The van der Waals surface area contributed by atoms with Crippen LogP contribution in [0.2, 0.25) is 0 Å². The summed E-state index contributed by atoms with van der Waals surface area (Å²) >= 11 is 0. The summed E-state index contributed by atoms with van der Waals surface area (Å²) in [7, 11) is 0. The fraction of sp³-hybridized carbons (Fsp3) is 0.857. The molecule has 0 unspecified atom stereocenters. The highest BCUT2D eigenvalue weighted by Gasteiger charge is 2.62. The van der Waals surface area contributed by atoms with E-state index in [-0.39, 0.29) is 0 Å². The highest BCUT2D eigenvalue weighted by atomic mass is 16.5. The summed E-state index contributed by atoms with van der Waals surface area (Å²) in [6.45, 7) is 3.69. The van der Waals surface area contributed by atoms with E-state index in [1.54, 1.807) is 0 Å². The fourth-order valence-corrected chi connectivity index (χ4v) is 4.07. The quantitative estimate of drug-likeness (QED) is 0.328. The van der Waals surface area contributed by atoms with Crippen LogP contribution in [0.3, 0.4) is 0 Å². The predicted molar refractivity (Wildman–Crippen MR) is 75.1 cm³/mol. The van der Waals surface area contributed by atoms with Gasteiger partial charge in [-0.3, -0.25) is 0 Å². The Hall–Kier alpha value is -1.14. The van der Waals surface area contributed by atoms with Gasteiger partial charge in [-0.2, -0.15) is 4.74 Å². The van der Waals surface area contributed by atoms with Crippen LogP contribution in [-0.2, 0) is 0 Å². The molecule has 2 atom stereocenters. The molecule has 6 heteroatoms. The van der Waals surface area contributed by atoms with Crippen molar-refractivity contribution in [2.75, 3.05) is 13.1 Å². The lowest BCUT2D eigenvalue weighted by Crippen LogP contribution is -2.54. The number of rotatable bonds is 1. The van der Waals surface area contributed by atoms with Gasteiger partial charge in [-0.25, -0.2) is 4.90 Å². The first-order valence-electron chi connectivity index (χ1n) is 7.55. The Morgan fingerprint density at radius 2 is 1.90 bits per heavy atom. The highest BCUT2D eigenvalue weighted by molar-refractivity contribution is 6.15. The maximum absolute atomic E-state index is 12.8. The van der Waals surface area contributed by atoms with Crippen LogP contribution in [-0.4, -0.2) is 55.7 Å². The summed E-state index contributed by atoms with van der Waals surface area (Å²) in [5.74, 6) is 0. The van der Waals surface area contributed by atoms with Crippen molar-refractivity contribution in [1.82, 2.24) is 4.90 Å². The van der Waals surface area contributed by atoms with Gasteiger partial charge in [0, 0.05) is 26.4 Å². The summed E-state index contributed by atoms with van der Waals surface area (Å²) in [6.07, 6.45) is 5.60. The molecule has 20 heavy (non-hydrogen) atoms. The van der Waals surface area contributed by atoms with Crippen molar-refractivity contribution in [2.24, 2.45) is 5.16 Å². The molecule has 0 aromatic carbocycles. The van der Waals surface area contributed by atoms with Crippen molar-refractivity contribution in [2.45, 2.75) is 63.1 Å². The van der Waals surface area contributed by atoms with Gasteiger partial charge in [-0.15, -0.1) is 0 Å². The number of likely N-dealkylation sites (tertiary alicyclic amines) is 1. The molecule has 1 saturated heterocycles. The van der Waals surface area contributed by atoms with Crippen LogP contribution in [0, 0.1) is 5.21 Å². The molecule has 0 aromatic rings. The van der Waals surface area contributed by atoms with E-state index in [2.05, 4.69) is 10.1 Å². The topological polar surface area (TPSA) is 82.1 Å². The second-order valence-corrected chi connectivity index (χ2v) is 6.44. The molecule has 2 fully saturated rings. The third kappa shape index (κ3) is 1.78. The highest BCUT2D eigenvalue weighted by Crippen LogP contribution is 2.41. The first-order valence-corrected chi connectivity index (χ1v) is 7.55. The molecule has 0 radical (unpaired) electrons. The average molecular weight is 281 g/mol. The van der Waals surface area contributed by atoms with Gasteiger partial charge in [0.2, 0.25) is 11.4 Å². The van der Waals surface area contributed by atoms with E-state index in [9.17, 15) is 10.3 Å². The van der Waals surface area contributed by atoms with Crippen molar-refractivity contribution in [1.29, 1.82) is 0 Å². The lowest BCUT2D eigenvalue weighted by atomic mass is 9.78. The number of nitrogens with zero attached hydrogens (tertiary/aromatic N) is 3. The summed E-state index contributed by atoms with van der Waals surface area (Å²) in [4.78, 5) is 2.18. The fourth-order valence-electron chi connectivity index (χ4n) is 4.07. The minimum Gasteiger partial charge on any atom is -0.622 e. The van der Waals surface area contributed by atoms with E-state index in [1.165, 1.54) is 6.42 Å². The van der Waals surface area contributed by atoms with Gasteiger partial charge < -0.3 is 15.5 Å². The molecule has 2 N–H and O–H groups in total. The zero-order valence-electron chi connectivity index (χ0n) is 12.0. The Morgan fingerprint density at radius 1 is 1.20 bits per heavy atom. The lowest BCUT2D eigenvalue weighted by molar-refractivity contribution is -0.571. The molecule has 2 heterocycles. The molecular formula is C14H23N3O3. The third-order valence-electron chi connectivity index (χ3n) is 5.21. The van der Waals surface area contributed by atoms with Crippen molar-refractivity contribution >= 4 is 11.4 Å². The van der Waals surface area contributed by atoms with Crippen LogP contribution in [0.4, 0.5) is 0 Å². The molecule has 3 aliphatic rings. The van der Waals surface area contributed by atoms with E-state index in [0.29, 0.717) is 30.7 Å². The molecule has 0 spiro atoms. The Balaban J connectivity index is 1.98. The second kappa shape index (κ2) is 4.70. The number of fused-ring (bicyclic) bond motifs is 1. The van der Waals surface area contributed by atoms with Crippen LogP contribution in [0.25, 0.3) is 0 Å². The smallest absolute Gasteiger partial charge is 0.230 e. The van der Waals surface area contributed by atoms with E-state index in [1.807, 2.05) is 6.92 Å². The van der Waals surface area contributed by atoms with Gasteiger partial charge in [0.05, 0.1) is 12.1 Å². The number of hydrogen-bond acceptors (Lipinski definition) is 5. The Labute approximate surface area is 119 Å². The van der Waals surface area contributed by atoms with Crippen molar-refractivity contribution in [3.63, 3.8) is 0 Å². The number of piperidine rings is 1. The van der Waals surface area contributed by atoms with Gasteiger partial charge in [0.25, 0.3) is 0 Å². The molecule has 0 bridgehead atoms. The Morgan fingerprint density at radius 3 is 2.55 bits per heavy atom. The van der Waals surface area contributed by atoms with Crippen LogP contribution in [0.5, 0.6) is 0 Å². The molecule has 0 amide bonds. The second-order valence-electron chi connectivity index (χ2n) is 6.44. The lowest BCUT2D eigenvalue weighted by Gasteiger charge is -2.38. The summed E-state index contributed by atoms with van der Waals surface area (Å²) in [5.41, 5.74) is -1.24. The monoisotopic (exact) mass is 281 g/mol. The third-order valence-corrected chi connectivity index (χ3v) is 5.21. The first kappa shape index (κ1) is 13.8. The number of hydroxylamine groups is 1. The normalized spacial score (nSPS) is 41.2. The molecule has 1 aliphatic carbocycles. The molecule has 112 valence electrons. The molecular weight excluding hydrogens is 258 g/mol. The Kier molecular flexibility index (Phi) is 3.25. The maximum atomic E-state index is 12.8. The molecule has 3 rings (SSSR count). The summed E-state index contributed by atoms with van der Waals surface area (Å²) in [6, 6.07) is 0. The van der Waals surface area contributed by atoms with Crippen LogP contribution in [0.1, 0.15) is 51.9 Å². The van der Waals surface area contributed by atoms with Crippen molar-refractivity contribution < 1.29 is 15.1 Å². The predicted octanol–water partition coefficient (Wildman–Crippen LogP) is 1.29. The van der Waals surface area contributed by atoms with E-state index >= 15 is 0 Å². The van der Waals surface area contributed by atoms with Gasteiger partial charge in [0.1, 0.15) is 0 Å². The van der Waals surface area contributed by atoms with E-state index < -0.39 is 11.3 Å². The van der Waals surface area contributed by atoms with Gasteiger partial charge in [-0.1, -0.05) is 11.6 Å². The first-order chi connectivity index (χ1) is 9.52. The van der Waals surface area contributed by atoms with Gasteiger partial charge >= 0.3 is 0 Å². The van der Waals surface area contributed by atoms with Crippen molar-refractivity contribution in [3.8, 4) is 0 Å². The zero-order valence-corrected chi connectivity index (χ0v) is 12.0. The van der Waals surface area contributed by atoms with Gasteiger partial charge in [-0.05, 0) is 25.7 Å². The van der Waals surface area contributed by atoms with Crippen LogP contribution < -0.4 is 0 Å². The van der Waals surface area contributed by atoms with Crippen LogP contribution in [0.15, 0.2) is 5.16 Å². The average Bonchev–Trinajstić information content (AvgIpc) is 2.68. The molecule has 0 aromatic heterocycles.